The molecule has 0 atom stereocenters. The van der Waals surface area contributed by atoms with Crippen LogP contribution in [0.4, 0.5) is 19.0 Å². The molecular weight excluding hydrogens is 447 g/mol. The van der Waals surface area contributed by atoms with Gasteiger partial charge in [-0.3, -0.25) is 9.59 Å². The third kappa shape index (κ3) is 4.51. The molecule has 0 aliphatic heterocycles. The topological polar surface area (TPSA) is 103 Å². The van der Waals surface area contributed by atoms with Crippen LogP contribution in [0.1, 0.15) is 16.1 Å². The van der Waals surface area contributed by atoms with Crippen LogP contribution in [-0.2, 0) is 13.6 Å². The number of nitrogens with one attached hydrogen (secondary N) is 1. The first-order valence-electron chi connectivity index (χ1n) is 10.1. The standard InChI is InChI=1S/C24H18F3N5O2/c1-32-12-14(7-10-19(32)33)22-21(13-5-8-15(25)9-6-13)31-23(28)18(30-22)11-29-24(34)20-16(26)3-2-4-17(20)27/h2-10,12H,11H2,1H3,(H2,28,31)(H,29,34). The van der Waals surface area contributed by atoms with Crippen LogP contribution in [0.15, 0.2) is 65.6 Å². The van der Waals surface area contributed by atoms with E-state index in [9.17, 15) is 22.8 Å². The number of nitrogen functional groups attached to an aromatic ring is 1. The molecule has 3 N–H and O–H groups in total. The van der Waals surface area contributed by atoms with Crippen LogP contribution in [0, 0.1) is 17.5 Å². The van der Waals surface area contributed by atoms with E-state index in [0.29, 0.717) is 22.5 Å². The fourth-order valence-corrected chi connectivity index (χ4v) is 3.32. The summed E-state index contributed by atoms with van der Waals surface area (Å²) in [6.07, 6.45) is 1.55. The lowest BCUT2D eigenvalue weighted by atomic mass is 10.0. The molecule has 0 unspecified atom stereocenters. The van der Waals surface area contributed by atoms with Crippen molar-refractivity contribution in [3.05, 3.63) is 99.9 Å². The van der Waals surface area contributed by atoms with Crippen LogP contribution in [0.2, 0.25) is 0 Å². The van der Waals surface area contributed by atoms with E-state index in [1.165, 1.54) is 34.9 Å². The second kappa shape index (κ2) is 9.18. The van der Waals surface area contributed by atoms with E-state index < -0.39 is 28.9 Å². The normalized spacial score (nSPS) is 10.8. The molecule has 34 heavy (non-hydrogen) atoms. The number of nitrogens with two attached hydrogens (primary N) is 1. The summed E-state index contributed by atoms with van der Waals surface area (Å²) < 4.78 is 42.6. The van der Waals surface area contributed by atoms with Crippen molar-refractivity contribution in [2.45, 2.75) is 6.54 Å². The van der Waals surface area contributed by atoms with Gasteiger partial charge in [0.05, 0.1) is 17.9 Å². The molecule has 172 valence electrons. The minimum absolute atomic E-state index is 0.0396. The number of carbonyl (C=O) groups excluding carboxylic acids is 1. The number of hydrogen-bond acceptors (Lipinski definition) is 5. The Kier molecular flexibility index (Phi) is 6.13. The van der Waals surface area contributed by atoms with Gasteiger partial charge in [0, 0.05) is 30.4 Å². The molecule has 0 bridgehead atoms. The van der Waals surface area contributed by atoms with Crippen molar-refractivity contribution < 1.29 is 18.0 Å². The van der Waals surface area contributed by atoms with Crippen molar-refractivity contribution in [1.29, 1.82) is 0 Å². The van der Waals surface area contributed by atoms with E-state index in [0.717, 1.165) is 18.2 Å². The largest absolute Gasteiger partial charge is 0.382 e. The zero-order chi connectivity index (χ0) is 24.4. The summed E-state index contributed by atoms with van der Waals surface area (Å²) in [6, 6.07) is 11.5. The summed E-state index contributed by atoms with van der Waals surface area (Å²) in [6.45, 7) is -0.270. The Balaban J connectivity index is 1.75. The zero-order valence-corrected chi connectivity index (χ0v) is 17.8. The molecule has 1 amide bonds. The van der Waals surface area contributed by atoms with Crippen molar-refractivity contribution in [1.82, 2.24) is 19.9 Å². The molecule has 4 rings (SSSR count). The molecule has 0 spiro atoms. The molecule has 0 radical (unpaired) electrons. The summed E-state index contributed by atoms with van der Waals surface area (Å²) in [7, 11) is 1.57. The molecule has 2 heterocycles. The average molecular weight is 465 g/mol. The predicted molar refractivity (Wildman–Crippen MR) is 120 cm³/mol. The van der Waals surface area contributed by atoms with E-state index in [1.54, 1.807) is 19.3 Å². The summed E-state index contributed by atoms with van der Waals surface area (Å²) in [5.41, 5.74) is 6.92. The van der Waals surface area contributed by atoms with Gasteiger partial charge in [0.2, 0.25) is 5.56 Å². The number of hydrogen-bond donors (Lipinski definition) is 2. The molecule has 0 saturated heterocycles. The smallest absolute Gasteiger partial charge is 0.257 e. The van der Waals surface area contributed by atoms with Crippen molar-refractivity contribution in [2.75, 3.05) is 5.73 Å². The Hall–Kier alpha value is -4.47. The van der Waals surface area contributed by atoms with Gasteiger partial charge >= 0.3 is 0 Å². The fraction of sp³-hybridized carbons (Fsp3) is 0.0833. The van der Waals surface area contributed by atoms with Crippen LogP contribution in [-0.4, -0.2) is 20.4 Å². The molecule has 0 aliphatic rings. The van der Waals surface area contributed by atoms with E-state index in [4.69, 9.17) is 5.73 Å². The average Bonchev–Trinajstić information content (AvgIpc) is 2.80. The minimum Gasteiger partial charge on any atom is -0.382 e. The number of amides is 1. The van der Waals surface area contributed by atoms with Crippen molar-refractivity contribution >= 4 is 11.7 Å². The monoisotopic (exact) mass is 465 g/mol. The van der Waals surface area contributed by atoms with Crippen LogP contribution in [0.25, 0.3) is 22.5 Å². The maximum absolute atomic E-state index is 13.9. The van der Waals surface area contributed by atoms with Crippen LogP contribution in [0.3, 0.4) is 0 Å². The highest BCUT2D eigenvalue weighted by atomic mass is 19.1. The van der Waals surface area contributed by atoms with E-state index >= 15 is 0 Å². The molecular formula is C24H18F3N5O2. The van der Waals surface area contributed by atoms with Gasteiger partial charge in [-0.2, -0.15) is 0 Å². The van der Waals surface area contributed by atoms with Crippen molar-refractivity contribution in [2.24, 2.45) is 7.05 Å². The van der Waals surface area contributed by atoms with Gasteiger partial charge in [-0.15, -0.1) is 0 Å². The highest BCUT2D eigenvalue weighted by Crippen LogP contribution is 2.30. The van der Waals surface area contributed by atoms with Crippen molar-refractivity contribution in [3.63, 3.8) is 0 Å². The Morgan fingerprint density at radius 3 is 2.21 bits per heavy atom. The first-order valence-corrected chi connectivity index (χ1v) is 10.1. The predicted octanol–water partition coefficient (Wildman–Crippen LogP) is 3.44. The van der Waals surface area contributed by atoms with Gasteiger partial charge in [-0.05, 0) is 42.5 Å². The number of carbonyl (C=O) groups is 1. The number of anilines is 1. The second-order valence-corrected chi connectivity index (χ2v) is 7.41. The van der Waals surface area contributed by atoms with Gasteiger partial charge in [0.15, 0.2) is 0 Å². The third-order valence-electron chi connectivity index (χ3n) is 5.08. The SMILES string of the molecule is Cn1cc(-c2nc(CNC(=O)c3c(F)cccc3F)c(N)nc2-c2ccc(F)cc2)ccc1=O. The number of rotatable bonds is 5. The lowest BCUT2D eigenvalue weighted by molar-refractivity contribution is 0.0942. The number of benzene rings is 2. The summed E-state index contributed by atoms with van der Waals surface area (Å²) in [4.78, 5) is 33.1. The number of aromatic nitrogens is 3. The maximum Gasteiger partial charge on any atom is 0.257 e. The maximum atomic E-state index is 13.9. The number of aryl methyl sites for hydroxylation is 1. The Labute approximate surface area is 191 Å². The molecule has 2 aromatic carbocycles. The van der Waals surface area contributed by atoms with Gasteiger partial charge in [-0.25, -0.2) is 23.1 Å². The van der Waals surface area contributed by atoms with E-state index in [-0.39, 0.29) is 23.6 Å². The quantitative estimate of drug-likeness (QED) is 0.470. The van der Waals surface area contributed by atoms with Gasteiger partial charge in [0.25, 0.3) is 5.91 Å². The molecule has 0 fully saturated rings. The van der Waals surface area contributed by atoms with Gasteiger partial charge in [-0.1, -0.05) is 6.07 Å². The minimum atomic E-state index is -1.01. The lowest BCUT2D eigenvalue weighted by Crippen LogP contribution is -2.26. The number of pyridine rings is 1. The first-order chi connectivity index (χ1) is 16.2. The number of nitrogens with zero attached hydrogens (tertiary/aromatic N) is 3. The van der Waals surface area contributed by atoms with E-state index in [2.05, 4.69) is 15.3 Å². The highest BCUT2D eigenvalue weighted by molar-refractivity contribution is 5.94. The third-order valence-corrected chi connectivity index (χ3v) is 5.08. The summed E-state index contributed by atoms with van der Waals surface area (Å²) in [5, 5.41) is 2.40. The first kappa shape index (κ1) is 22.7. The highest BCUT2D eigenvalue weighted by Gasteiger charge is 2.20. The molecule has 10 heteroatoms. The molecule has 2 aromatic heterocycles. The second-order valence-electron chi connectivity index (χ2n) is 7.41. The van der Waals surface area contributed by atoms with Crippen LogP contribution < -0.4 is 16.6 Å². The lowest BCUT2D eigenvalue weighted by Gasteiger charge is -2.14. The van der Waals surface area contributed by atoms with Crippen LogP contribution >= 0.6 is 0 Å². The Morgan fingerprint density at radius 2 is 1.56 bits per heavy atom. The number of halogens is 3. The van der Waals surface area contributed by atoms with Crippen LogP contribution in [0.5, 0.6) is 0 Å². The molecule has 0 aliphatic carbocycles. The summed E-state index contributed by atoms with van der Waals surface area (Å²) >= 11 is 0. The van der Waals surface area contributed by atoms with E-state index in [1.807, 2.05) is 0 Å². The Morgan fingerprint density at radius 1 is 0.941 bits per heavy atom. The fourth-order valence-electron chi connectivity index (χ4n) is 3.32. The molecule has 4 aromatic rings. The van der Waals surface area contributed by atoms with Gasteiger partial charge in [0.1, 0.15) is 34.5 Å². The molecule has 7 nitrogen and oxygen atoms in total. The zero-order valence-electron chi connectivity index (χ0n) is 17.8. The van der Waals surface area contributed by atoms with Gasteiger partial charge < -0.3 is 15.6 Å². The summed E-state index contributed by atoms with van der Waals surface area (Å²) in [5.74, 6) is -3.47. The van der Waals surface area contributed by atoms with Crippen molar-refractivity contribution in [3.8, 4) is 22.5 Å². The molecule has 0 saturated carbocycles. The Bertz CT molecular complexity index is 1430.